The minimum Gasteiger partial charge on any atom is -0.456 e. The molecule has 3 unspecified atom stereocenters. The number of ether oxygens (including phenoxy) is 2. The Morgan fingerprint density at radius 2 is 1.95 bits per heavy atom. The van der Waals surface area contributed by atoms with Gasteiger partial charge in [-0.2, -0.15) is 0 Å². The Balaban J connectivity index is 1.78. The predicted octanol–water partition coefficient (Wildman–Crippen LogP) is 2.20. The summed E-state index contributed by atoms with van der Waals surface area (Å²) in [5, 5.41) is 9.48. The highest BCUT2D eigenvalue weighted by Gasteiger charge is 2.60. The average molecular weight is 280 g/mol. The first-order valence-corrected chi connectivity index (χ1v) is 7.62. The van der Waals surface area contributed by atoms with Crippen LogP contribution in [0.25, 0.3) is 0 Å². The number of carbonyl (C=O) groups is 1. The number of aliphatic hydroxyl groups is 1. The Bertz CT molecular complexity index is 401. The Labute approximate surface area is 120 Å². The minimum atomic E-state index is -0.449. The molecule has 0 aromatic rings. The van der Waals surface area contributed by atoms with Crippen molar-refractivity contribution in [1.82, 2.24) is 0 Å². The van der Waals surface area contributed by atoms with Crippen molar-refractivity contribution in [3.8, 4) is 0 Å². The summed E-state index contributed by atoms with van der Waals surface area (Å²) in [6, 6.07) is 0. The van der Waals surface area contributed by atoms with Crippen molar-refractivity contribution in [2.75, 3.05) is 6.61 Å². The van der Waals surface area contributed by atoms with Gasteiger partial charge in [0.2, 0.25) is 0 Å². The van der Waals surface area contributed by atoms with E-state index in [1.54, 1.807) is 6.92 Å². The van der Waals surface area contributed by atoms with Gasteiger partial charge in [-0.3, -0.25) is 0 Å². The Morgan fingerprint density at radius 3 is 2.50 bits per heavy atom. The third-order valence-corrected chi connectivity index (χ3v) is 5.07. The van der Waals surface area contributed by atoms with E-state index in [1.165, 1.54) is 12.5 Å². The summed E-state index contributed by atoms with van der Waals surface area (Å²) >= 11 is 0. The molecule has 4 fully saturated rings. The number of esters is 1. The second-order valence-electron chi connectivity index (χ2n) is 7.11. The van der Waals surface area contributed by atoms with E-state index in [-0.39, 0.29) is 17.2 Å². The molecule has 0 radical (unpaired) electrons. The average Bonchev–Trinajstić information content (AvgIpc) is 2.34. The first-order valence-electron chi connectivity index (χ1n) is 7.62. The molecule has 0 aromatic heterocycles. The van der Waals surface area contributed by atoms with Crippen molar-refractivity contribution in [2.45, 2.75) is 62.8 Å². The molecule has 0 aliphatic heterocycles. The van der Waals surface area contributed by atoms with E-state index in [9.17, 15) is 9.90 Å². The van der Waals surface area contributed by atoms with E-state index in [2.05, 4.69) is 6.58 Å². The van der Waals surface area contributed by atoms with Crippen molar-refractivity contribution >= 4 is 5.97 Å². The zero-order valence-electron chi connectivity index (χ0n) is 12.1. The number of hydrogen-bond acceptors (Lipinski definition) is 4. The molecule has 4 rings (SSSR count). The van der Waals surface area contributed by atoms with Crippen LogP contribution in [0.4, 0.5) is 0 Å². The van der Waals surface area contributed by atoms with Gasteiger partial charge in [0.05, 0.1) is 18.3 Å². The standard InChI is InChI=1S/C16H24O4/c1-3-14(18)20-16-7-12-4-13(8-16)6-15(5-12,10-16)19-9-11(2)17/h3,11-13,17H,1,4-10H2,2H3. The third kappa shape index (κ3) is 2.51. The molecule has 4 nitrogen and oxygen atoms in total. The predicted molar refractivity (Wildman–Crippen MR) is 74.1 cm³/mol. The Morgan fingerprint density at radius 1 is 1.35 bits per heavy atom. The number of hydrogen-bond donors (Lipinski definition) is 1. The Kier molecular flexibility index (Phi) is 3.41. The van der Waals surface area contributed by atoms with Crippen LogP contribution in [0.1, 0.15) is 45.4 Å². The van der Waals surface area contributed by atoms with E-state index < -0.39 is 6.10 Å². The maximum atomic E-state index is 11.6. The smallest absolute Gasteiger partial charge is 0.330 e. The monoisotopic (exact) mass is 280 g/mol. The van der Waals surface area contributed by atoms with Crippen LogP contribution >= 0.6 is 0 Å². The van der Waals surface area contributed by atoms with Crippen LogP contribution in [0.3, 0.4) is 0 Å². The largest absolute Gasteiger partial charge is 0.456 e. The van der Waals surface area contributed by atoms with Gasteiger partial charge in [0, 0.05) is 12.5 Å². The lowest BCUT2D eigenvalue weighted by Crippen LogP contribution is -2.61. The van der Waals surface area contributed by atoms with Gasteiger partial charge in [-0.15, -0.1) is 0 Å². The summed E-state index contributed by atoms with van der Waals surface area (Å²) in [6.07, 6.45) is 6.82. The van der Waals surface area contributed by atoms with Crippen molar-refractivity contribution in [2.24, 2.45) is 11.8 Å². The summed E-state index contributed by atoms with van der Waals surface area (Å²) in [6.45, 7) is 5.61. The first-order chi connectivity index (χ1) is 9.44. The van der Waals surface area contributed by atoms with Crippen LogP contribution in [0, 0.1) is 11.8 Å². The summed E-state index contributed by atoms with van der Waals surface area (Å²) < 4.78 is 11.8. The van der Waals surface area contributed by atoms with Gasteiger partial charge in [-0.25, -0.2) is 4.79 Å². The lowest BCUT2D eigenvalue weighted by Gasteiger charge is -2.60. The molecule has 0 heterocycles. The van der Waals surface area contributed by atoms with Gasteiger partial charge in [0.15, 0.2) is 0 Å². The number of rotatable bonds is 5. The molecule has 0 amide bonds. The normalized spacial score (nSPS) is 43.3. The van der Waals surface area contributed by atoms with Crippen molar-refractivity contribution < 1.29 is 19.4 Å². The zero-order valence-corrected chi connectivity index (χ0v) is 12.1. The quantitative estimate of drug-likeness (QED) is 0.619. The van der Waals surface area contributed by atoms with E-state index in [0.717, 1.165) is 32.1 Å². The first kappa shape index (κ1) is 14.1. The van der Waals surface area contributed by atoms with Crippen LogP contribution in [0.2, 0.25) is 0 Å². The highest BCUT2D eigenvalue weighted by Crippen LogP contribution is 2.60. The van der Waals surface area contributed by atoms with Crippen LogP contribution in [-0.4, -0.2) is 35.0 Å². The highest BCUT2D eigenvalue weighted by atomic mass is 16.6. The minimum absolute atomic E-state index is 0.192. The van der Waals surface area contributed by atoms with E-state index >= 15 is 0 Å². The second kappa shape index (κ2) is 4.85. The molecule has 1 N–H and O–H groups in total. The molecular formula is C16H24O4. The molecule has 3 atom stereocenters. The number of aliphatic hydroxyl groups excluding tert-OH is 1. The van der Waals surface area contributed by atoms with Gasteiger partial charge in [-0.05, 0) is 50.9 Å². The molecule has 4 bridgehead atoms. The maximum Gasteiger partial charge on any atom is 0.330 e. The van der Waals surface area contributed by atoms with Gasteiger partial charge in [0.25, 0.3) is 0 Å². The third-order valence-electron chi connectivity index (χ3n) is 5.07. The van der Waals surface area contributed by atoms with Crippen LogP contribution in [0.15, 0.2) is 12.7 Å². The SMILES string of the molecule is C=CC(=O)OC12CC3CC(CC(OCC(C)O)(C3)C1)C2. The fourth-order valence-corrected chi connectivity index (χ4v) is 4.94. The van der Waals surface area contributed by atoms with Crippen molar-refractivity contribution in [1.29, 1.82) is 0 Å². The van der Waals surface area contributed by atoms with Crippen LogP contribution in [-0.2, 0) is 14.3 Å². The van der Waals surface area contributed by atoms with Crippen LogP contribution < -0.4 is 0 Å². The molecule has 0 aromatic carbocycles. The number of carbonyl (C=O) groups excluding carboxylic acids is 1. The Hall–Kier alpha value is -0.870. The van der Waals surface area contributed by atoms with Gasteiger partial charge < -0.3 is 14.6 Å². The van der Waals surface area contributed by atoms with E-state index in [4.69, 9.17) is 9.47 Å². The molecule has 112 valence electrons. The van der Waals surface area contributed by atoms with Crippen LogP contribution in [0.5, 0.6) is 0 Å². The molecular weight excluding hydrogens is 256 g/mol. The van der Waals surface area contributed by atoms with Crippen molar-refractivity contribution in [3.63, 3.8) is 0 Å². The van der Waals surface area contributed by atoms with Gasteiger partial charge in [-0.1, -0.05) is 6.58 Å². The van der Waals surface area contributed by atoms with Crippen molar-refractivity contribution in [3.05, 3.63) is 12.7 Å². The van der Waals surface area contributed by atoms with Gasteiger partial charge >= 0.3 is 5.97 Å². The summed E-state index contributed by atoms with van der Waals surface area (Å²) in [4.78, 5) is 11.6. The maximum absolute atomic E-state index is 11.6. The fourth-order valence-electron chi connectivity index (χ4n) is 4.94. The lowest BCUT2D eigenvalue weighted by molar-refractivity contribution is -0.235. The molecule has 4 heteroatoms. The molecule has 4 aliphatic carbocycles. The molecule has 0 saturated heterocycles. The molecule has 0 spiro atoms. The second-order valence-corrected chi connectivity index (χ2v) is 7.11. The lowest BCUT2D eigenvalue weighted by atomic mass is 9.52. The fraction of sp³-hybridized carbons (Fsp3) is 0.812. The molecule has 4 aliphatic rings. The van der Waals surface area contributed by atoms with Gasteiger partial charge in [0.1, 0.15) is 5.60 Å². The summed E-state index contributed by atoms with van der Waals surface area (Å²) in [5.41, 5.74) is -0.545. The summed E-state index contributed by atoms with van der Waals surface area (Å²) in [7, 11) is 0. The highest BCUT2D eigenvalue weighted by molar-refractivity contribution is 5.81. The van der Waals surface area contributed by atoms with E-state index in [0.29, 0.717) is 18.4 Å². The van der Waals surface area contributed by atoms with E-state index in [1.807, 2.05) is 0 Å². The molecule has 20 heavy (non-hydrogen) atoms. The molecule has 4 saturated carbocycles. The summed E-state index contributed by atoms with van der Waals surface area (Å²) in [5.74, 6) is 0.850. The topological polar surface area (TPSA) is 55.8 Å². The zero-order chi connectivity index (χ0) is 14.4.